The Morgan fingerprint density at radius 3 is 2.32 bits per heavy atom. The van der Waals surface area contributed by atoms with Crippen molar-refractivity contribution in [1.29, 1.82) is 5.26 Å². The van der Waals surface area contributed by atoms with E-state index in [-0.39, 0.29) is 0 Å². The van der Waals surface area contributed by atoms with Gasteiger partial charge in [0.1, 0.15) is 6.07 Å². The third kappa shape index (κ3) is 3.67. The van der Waals surface area contributed by atoms with Crippen LogP contribution < -0.4 is 0 Å². The maximum absolute atomic E-state index is 9.03. The first-order valence-electron chi connectivity index (χ1n) is 7.58. The summed E-state index contributed by atoms with van der Waals surface area (Å²) >= 11 is 18.3. The molecule has 6 heteroatoms. The van der Waals surface area contributed by atoms with E-state index in [1.54, 1.807) is 18.2 Å². The fraction of sp³-hybridized carbons (Fsp3) is 0.158. The molecule has 3 rings (SSSR count). The second-order valence-corrected chi connectivity index (χ2v) is 7.07. The first-order valence-corrected chi connectivity index (χ1v) is 8.71. The van der Waals surface area contributed by atoms with Gasteiger partial charge in [-0.2, -0.15) is 10.4 Å². The first kappa shape index (κ1) is 17.8. The van der Waals surface area contributed by atoms with E-state index in [2.05, 4.69) is 11.2 Å². The number of hydrogen-bond acceptors (Lipinski definition) is 2. The van der Waals surface area contributed by atoms with Gasteiger partial charge in [0.15, 0.2) is 0 Å². The number of nitrogens with zero attached hydrogens (tertiary/aromatic N) is 3. The second kappa shape index (κ2) is 7.09. The van der Waals surface area contributed by atoms with E-state index in [0.29, 0.717) is 27.2 Å². The van der Waals surface area contributed by atoms with Crippen LogP contribution in [0, 0.1) is 25.2 Å². The van der Waals surface area contributed by atoms with Gasteiger partial charge >= 0.3 is 0 Å². The minimum absolute atomic E-state index is 0.438. The topological polar surface area (TPSA) is 41.6 Å². The van der Waals surface area contributed by atoms with Gasteiger partial charge < -0.3 is 0 Å². The van der Waals surface area contributed by atoms with Crippen molar-refractivity contribution in [3.05, 3.63) is 74.0 Å². The molecule has 0 atom stereocenters. The van der Waals surface area contributed by atoms with E-state index in [4.69, 9.17) is 40.1 Å². The number of halogens is 3. The molecule has 0 spiro atoms. The number of hydrogen-bond donors (Lipinski definition) is 0. The predicted molar refractivity (Wildman–Crippen MR) is 102 cm³/mol. The van der Waals surface area contributed by atoms with Crippen LogP contribution in [0.25, 0.3) is 11.1 Å². The second-order valence-electron chi connectivity index (χ2n) is 5.79. The number of nitriles is 1. The normalized spacial score (nSPS) is 10.7. The van der Waals surface area contributed by atoms with Crippen LogP contribution in [-0.4, -0.2) is 9.78 Å². The summed E-state index contributed by atoms with van der Waals surface area (Å²) in [6.07, 6.45) is 0. The van der Waals surface area contributed by atoms with Gasteiger partial charge in [-0.25, -0.2) is 0 Å². The summed E-state index contributed by atoms with van der Waals surface area (Å²) in [4.78, 5) is 0. The fourth-order valence-corrected chi connectivity index (χ4v) is 3.70. The average molecular weight is 391 g/mol. The molecule has 0 N–H and O–H groups in total. The van der Waals surface area contributed by atoms with Crippen LogP contribution in [0.3, 0.4) is 0 Å². The molecule has 0 aliphatic heterocycles. The van der Waals surface area contributed by atoms with Crippen LogP contribution in [0.5, 0.6) is 0 Å². The molecule has 0 unspecified atom stereocenters. The molecule has 0 bridgehead atoms. The van der Waals surface area contributed by atoms with E-state index in [1.807, 2.05) is 36.7 Å². The number of aryl methyl sites for hydroxylation is 1. The van der Waals surface area contributed by atoms with E-state index in [0.717, 1.165) is 28.1 Å². The van der Waals surface area contributed by atoms with Gasteiger partial charge in [-0.15, -0.1) is 0 Å². The van der Waals surface area contributed by atoms with Crippen molar-refractivity contribution >= 4 is 34.8 Å². The van der Waals surface area contributed by atoms with Crippen LogP contribution in [0.1, 0.15) is 22.5 Å². The van der Waals surface area contributed by atoms with Gasteiger partial charge in [-0.1, -0.05) is 40.9 Å². The third-order valence-corrected chi connectivity index (χ3v) is 4.76. The lowest BCUT2D eigenvalue weighted by Crippen LogP contribution is -2.04. The summed E-state index contributed by atoms with van der Waals surface area (Å²) in [6.45, 7) is 4.53. The molecule has 0 fully saturated rings. The molecule has 3 aromatic rings. The molecule has 0 amide bonds. The van der Waals surface area contributed by atoms with Crippen molar-refractivity contribution in [2.75, 3.05) is 0 Å². The number of aromatic nitrogens is 2. The Morgan fingerprint density at radius 1 is 1.04 bits per heavy atom. The number of benzene rings is 2. The summed E-state index contributed by atoms with van der Waals surface area (Å²) in [6, 6.07) is 13.0. The summed E-state index contributed by atoms with van der Waals surface area (Å²) in [7, 11) is 0. The maximum atomic E-state index is 9.03. The summed E-state index contributed by atoms with van der Waals surface area (Å²) in [5.74, 6) is 0. The van der Waals surface area contributed by atoms with Crippen molar-refractivity contribution in [2.24, 2.45) is 0 Å². The highest BCUT2D eigenvalue weighted by molar-refractivity contribution is 6.34. The van der Waals surface area contributed by atoms with E-state index in [9.17, 15) is 0 Å². The van der Waals surface area contributed by atoms with Gasteiger partial charge in [0.25, 0.3) is 0 Å². The first-order chi connectivity index (χ1) is 11.9. The molecular formula is C19H14Cl3N3. The van der Waals surface area contributed by atoms with Crippen LogP contribution in [-0.2, 0) is 6.54 Å². The van der Waals surface area contributed by atoms with Crippen molar-refractivity contribution in [2.45, 2.75) is 20.4 Å². The van der Waals surface area contributed by atoms with Crippen molar-refractivity contribution in [3.8, 4) is 17.2 Å². The summed E-state index contributed by atoms with van der Waals surface area (Å²) < 4.78 is 1.92. The minimum Gasteiger partial charge on any atom is -0.265 e. The van der Waals surface area contributed by atoms with Gasteiger partial charge in [0, 0.05) is 21.3 Å². The van der Waals surface area contributed by atoms with Crippen LogP contribution in [0.4, 0.5) is 0 Å². The highest BCUT2D eigenvalue weighted by atomic mass is 35.5. The quantitative estimate of drug-likeness (QED) is 0.546. The van der Waals surface area contributed by atoms with Crippen molar-refractivity contribution < 1.29 is 0 Å². The van der Waals surface area contributed by atoms with Gasteiger partial charge in [-0.05, 0) is 55.3 Å². The monoisotopic (exact) mass is 389 g/mol. The zero-order valence-corrected chi connectivity index (χ0v) is 15.9. The molecule has 1 aromatic heterocycles. The van der Waals surface area contributed by atoms with Gasteiger partial charge in [0.2, 0.25) is 0 Å². The lowest BCUT2D eigenvalue weighted by molar-refractivity contribution is 0.659. The van der Waals surface area contributed by atoms with Crippen LogP contribution in [0.2, 0.25) is 15.1 Å². The maximum Gasteiger partial charge on any atom is 0.101 e. The van der Waals surface area contributed by atoms with Crippen LogP contribution >= 0.6 is 34.8 Å². The Bertz CT molecular complexity index is 980. The highest BCUT2D eigenvalue weighted by Gasteiger charge is 2.15. The van der Waals surface area contributed by atoms with Crippen molar-refractivity contribution in [1.82, 2.24) is 9.78 Å². The molecule has 0 saturated heterocycles. The molecule has 2 aromatic carbocycles. The van der Waals surface area contributed by atoms with Gasteiger partial charge in [0.05, 0.1) is 22.8 Å². The molecule has 1 heterocycles. The summed E-state index contributed by atoms with van der Waals surface area (Å²) in [5, 5.41) is 15.3. The predicted octanol–water partition coefficient (Wildman–Crippen LogP) is 6.05. The smallest absolute Gasteiger partial charge is 0.101 e. The average Bonchev–Trinajstić information content (AvgIpc) is 2.80. The molecule has 0 aliphatic rings. The molecular weight excluding hydrogens is 377 g/mol. The Morgan fingerprint density at radius 2 is 1.72 bits per heavy atom. The Kier molecular flexibility index (Phi) is 5.06. The molecule has 0 saturated carbocycles. The SMILES string of the molecule is Cc1nn(Cc2cc(Cl)cc(Cl)c2)c(C)c1-c1ccc(C#N)c(Cl)c1. The Balaban J connectivity index is 2.01. The molecule has 3 nitrogen and oxygen atoms in total. The third-order valence-electron chi connectivity index (χ3n) is 4.01. The van der Waals surface area contributed by atoms with E-state index in [1.165, 1.54) is 0 Å². The highest BCUT2D eigenvalue weighted by Crippen LogP contribution is 2.31. The minimum atomic E-state index is 0.438. The standard InChI is InChI=1S/C19H14Cl3N3/c1-11-19(14-3-4-15(9-23)18(22)7-14)12(2)25(24-11)10-13-5-16(20)8-17(21)6-13/h3-8H,10H2,1-2H3. The lowest BCUT2D eigenvalue weighted by Gasteiger charge is -2.08. The van der Waals surface area contributed by atoms with E-state index < -0.39 is 0 Å². The molecule has 0 radical (unpaired) electrons. The zero-order chi connectivity index (χ0) is 18.1. The largest absolute Gasteiger partial charge is 0.265 e. The molecule has 25 heavy (non-hydrogen) atoms. The number of rotatable bonds is 3. The Hall–Kier alpha value is -1.99. The van der Waals surface area contributed by atoms with E-state index >= 15 is 0 Å². The van der Waals surface area contributed by atoms with Crippen LogP contribution in [0.15, 0.2) is 36.4 Å². The Labute approximate surface area is 161 Å². The van der Waals surface area contributed by atoms with Gasteiger partial charge in [-0.3, -0.25) is 4.68 Å². The molecule has 0 aliphatic carbocycles. The summed E-state index contributed by atoms with van der Waals surface area (Å²) in [5.41, 5.74) is 5.30. The molecule has 126 valence electrons. The lowest BCUT2D eigenvalue weighted by atomic mass is 10.0. The fourth-order valence-electron chi connectivity index (χ4n) is 2.91. The van der Waals surface area contributed by atoms with Crippen molar-refractivity contribution in [3.63, 3.8) is 0 Å². The zero-order valence-electron chi connectivity index (χ0n) is 13.6.